The van der Waals surface area contributed by atoms with E-state index in [1.165, 1.54) is 31.2 Å². The molecule has 1 fully saturated rings. The van der Waals surface area contributed by atoms with Crippen molar-refractivity contribution < 1.29 is 19.4 Å². The minimum absolute atomic E-state index is 0.213. The van der Waals surface area contributed by atoms with Crippen LogP contribution in [0.3, 0.4) is 0 Å². The quantitative estimate of drug-likeness (QED) is 0.166. The minimum atomic E-state index is -1.05. The number of hydrogen-bond acceptors (Lipinski definition) is 5. The van der Waals surface area contributed by atoms with E-state index < -0.39 is 12.1 Å². The summed E-state index contributed by atoms with van der Waals surface area (Å²) >= 11 is 1.67. The van der Waals surface area contributed by atoms with E-state index in [0.717, 1.165) is 44.4 Å². The number of amides is 1. The van der Waals surface area contributed by atoms with Crippen molar-refractivity contribution in [3.63, 3.8) is 0 Å². The molecule has 0 aromatic heterocycles. The second kappa shape index (κ2) is 17.6. The number of nitrogens with zero attached hydrogens (tertiary/aromatic N) is 1. The highest BCUT2D eigenvalue weighted by Crippen LogP contribution is 2.21. The Morgan fingerprint density at radius 3 is 2.76 bits per heavy atom. The Morgan fingerprint density at radius 2 is 1.97 bits per heavy atom. The van der Waals surface area contributed by atoms with Gasteiger partial charge in [0.2, 0.25) is 5.91 Å². The second-order valence-electron chi connectivity index (χ2n) is 9.00. The standard InChI is InChI=1S/C28H43NO4S/c1-2-3-21-33-28(32)26(30)19-22-34-23-20-29-25(17-18-27(29)31)16-12-7-5-4-6-9-13-24-14-10-8-11-15-24/h8,10-12,14-16,25-26,30H,2-7,9,13,17-23H2,1H3/t25-,26?/m0/s1. The first-order valence-corrected chi connectivity index (χ1v) is 14.2. The number of carbonyl (C=O) groups excluding carboxylic acids is 2. The van der Waals surface area contributed by atoms with Crippen LogP contribution in [0.2, 0.25) is 0 Å². The van der Waals surface area contributed by atoms with Crippen LogP contribution in [-0.2, 0) is 20.7 Å². The molecule has 0 saturated carbocycles. The number of benzene rings is 1. The lowest BCUT2D eigenvalue weighted by Crippen LogP contribution is -2.33. The summed E-state index contributed by atoms with van der Waals surface area (Å²) in [5.74, 6) is 1.20. The molecule has 1 aromatic carbocycles. The zero-order valence-corrected chi connectivity index (χ0v) is 21.6. The first-order valence-electron chi connectivity index (χ1n) is 13.0. The first kappa shape index (κ1) is 28.4. The van der Waals surface area contributed by atoms with Crippen LogP contribution >= 0.6 is 11.8 Å². The Hall–Kier alpha value is -1.79. The zero-order valence-electron chi connectivity index (χ0n) is 20.8. The fraction of sp³-hybridized carbons (Fsp3) is 0.643. The smallest absolute Gasteiger partial charge is 0.334 e. The summed E-state index contributed by atoms with van der Waals surface area (Å²) in [5, 5.41) is 9.89. The average molecular weight is 490 g/mol. The molecule has 190 valence electrons. The summed E-state index contributed by atoms with van der Waals surface area (Å²) in [7, 11) is 0. The normalized spacial score (nSPS) is 16.9. The Balaban J connectivity index is 1.53. The van der Waals surface area contributed by atoms with Crippen LogP contribution < -0.4 is 0 Å². The predicted octanol–water partition coefficient (Wildman–Crippen LogP) is 5.55. The van der Waals surface area contributed by atoms with E-state index in [1.54, 1.807) is 11.8 Å². The third-order valence-electron chi connectivity index (χ3n) is 6.19. The number of rotatable bonds is 18. The molecule has 2 rings (SSSR count). The molecule has 0 radical (unpaired) electrons. The molecular formula is C28H43NO4S. The van der Waals surface area contributed by atoms with Crippen LogP contribution in [0.1, 0.15) is 76.7 Å². The molecule has 6 heteroatoms. The number of thioether (sulfide) groups is 1. The summed E-state index contributed by atoms with van der Waals surface area (Å²) in [4.78, 5) is 26.0. The maximum absolute atomic E-state index is 12.3. The van der Waals surface area contributed by atoms with Crippen molar-refractivity contribution in [1.82, 2.24) is 4.90 Å². The maximum atomic E-state index is 12.3. The first-order chi connectivity index (χ1) is 16.6. The monoisotopic (exact) mass is 489 g/mol. The van der Waals surface area contributed by atoms with Gasteiger partial charge in [-0.15, -0.1) is 0 Å². The number of aryl methyl sites for hydroxylation is 1. The van der Waals surface area contributed by atoms with Gasteiger partial charge in [-0.05, 0) is 56.3 Å². The summed E-state index contributed by atoms with van der Waals surface area (Å²) in [6, 6.07) is 10.9. The summed E-state index contributed by atoms with van der Waals surface area (Å²) in [5.41, 5.74) is 1.42. The minimum Gasteiger partial charge on any atom is -0.464 e. The van der Waals surface area contributed by atoms with Crippen molar-refractivity contribution in [2.24, 2.45) is 0 Å². The topological polar surface area (TPSA) is 66.8 Å². The van der Waals surface area contributed by atoms with Crippen molar-refractivity contribution >= 4 is 23.6 Å². The molecule has 1 amide bonds. The molecule has 0 bridgehead atoms. The van der Waals surface area contributed by atoms with Crippen LogP contribution in [0.25, 0.3) is 0 Å². The fourth-order valence-electron chi connectivity index (χ4n) is 4.08. The van der Waals surface area contributed by atoms with E-state index in [-0.39, 0.29) is 11.9 Å². The van der Waals surface area contributed by atoms with Crippen molar-refractivity contribution in [2.75, 3.05) is 24.7 Å². The van der Waals surface area contributed by atoms with Gasteiger partial charge in [0, 0.05) is 18.7 Å². The van der Waals surface area contributed by atoms with Crippen LogP contribution in [-0.4, -0.2) is 58.7 Å². The van der Waals surface area contributed by atoms with Gasteiger partial charge < -0.3 is 14.7 Å². The van der Waals surface area contributed by atoms with Gasteiger partial charge in [0.15, 0.2) is 6.10 Å². The summed E-state index contributed by atoms with van der Waals surface area (Å²) < 4.78 is 5.04. The largest absolute Gasteiger partial charge is 0.464 e. The highest BCUT2D eigenvalue weighted by molar-refractivity contribution is 7.99. The van der Waals surface area contributed by atoms with Gasteiger partial charge in [-0.1, -0.05) is 68.7 Å². The molecule has 34 heavy (non-hydrogen) atoms. The molecule has 5 nitrogen and oxygen atoms in total. The molecule has 1 heterocycles. The number of unbranched alkanes of at least 4 members (excludes halogenated alkanes) is 5. The number of likely N-dealkylation sites (tertiary alicyclic amines) is 1. The number of hydrogen-bond donors (Lipinski definition) is 1. The zero-order chi connectivity index (χ0) is 24.4. The number of esters is 1. The van der Waals surface area contributed by atoms with Gasteiger partial charge in [-0.25, -0.2) is 4.79 Å². The van der Waals surface area contributed by atoms with Gasteiger partial charge in [-0.2, -0.15) is 11.8 Å². The van der Waals surface area contributed by atoms with Crippen molar-refractivity contribution in [3.8, 4) is 0 Å². The van der Waals surface area contributed by atoms with Gasteiger partial charge in [0.05, 0.1) is 12.6 Å². The number of ether oxygens (including phenoxy) is 1. The van der Waals surface area contributed by atoms with Crippen LogP contribution in [0.4, 0.5) is 0 Å². The van der Waals surface area contributed by atoms with Crippen LogP contribution in [0.15, 0.2) is 42.5 Å². The molecule has 2 atom stereocenters. The van der Waals surface area contributed by atoms with Gasteiger partial charge >= 0.3 is 5.97 Å². The molecule has 1 aliphatic rings. The van der Waals surface area contributed by atoms with E-state index in [4.69, 9.17) is 4.74 Å². The highest BCUT2D eigenvalue weighted by Gasteiger charge is 2.28. The molecule has 1 saturated heterocycles. The molecule has 0 spiro atoms. The lowest BCUT2D eigenvalue weighted by atomic mass is 10.1. The average Bonchev–Trinajstić information content (AvgIpc) is 3.20. The van der Waals surface area contributed by atoms with E-state index in [2.05, 4.69) is 42.5 Å². The molecule has 1 unspecified atom stereocenters. The number of allylic oxidation sites excluding steroid dienone is 1. The molecule has 1 aromatic rings. The van der Waals surface area contributed by atoms with E-state index in [9.17, 15) is 14.7 Å². The Labute approximate surface area is 210 Å². The fourth-order valence-corrected chi connectivity index (χ4v) is 5.00. The lowest BCUT2D eigenvalue weighted by Gasteiger charge is -2.22. The van der Waals surface area contributed by atoms with Crippen molar-refractivity contribution in [1.29, 1.82) is 0 Å². The summed E-state index contributed by atoms with van der Waals surface area (Å²) in [6.45, 7) is 3.12. The summed E-state index contributed by atoms with van der Waals surface area (Å²) in [6.07, 6.45) is 14.3. The van der Waals surface area contributed by atoms with Gasteiger partial charge in [-0.3, -0.25) is 4.79 Å². The van der Waals surface area contributed by atoms with E-state index >= 15 is 0 Å². The van der Waals surface area contributed by atoms with Crippen LogP contribution in [0.5, 0.6) is 0 Å². The van der Waals surface area contributed by atoms with Gasteiger partial charge in [0.1, 0.15) is 0 Å². The third-order valence-corrected chi connectivity index (χ3v) is 7.18. The Bertz CT molecular complexity index is 724. The second-order valence-corrected chi connectivity index (χ2v) is 10.2. The predicted molar refractivity (Wildman–Crippen MR) is 141 cm³/mol. The molecule has 1 N–H and O–H groups in total. The van der Waals surface area contributed by atoms with Crippen LogP contribution in [0, 0.1) is 0 Å². The molecular weight excluding hydrogens is 446 g/mol. The third kappa shape index (κ3) is 11.6. The van der Waals surface area contributed by atoms with Crippen molar-refractivity contribution in [3.05, 3.63) is 48.0 Å². The van der Waals surface area contributed by atoms with E-state index in [1.807, 2.05) is 11.8 Å². The Kier molecular flexibility index (Phi) is 14.7. The highest BCUT2D eigenvalue weighted by atomic mass is 32.2. The maximum Gasteiger partial charge on any atom is 0.334 e. The molecule has 0 aliphatic carbocycles. The lowest BCUT2D eigenvalue weighted by molar-refractivity contribution is -0.153. The molecule has 1 aliphatic heterocycles. The SMILES string of the molecule is CCCCOC(=O)C(O)CCSCCN1C(=O)CC[C@@H]1C=CCCCCCCc1ccccc1. The number of aliphatic hydroxyl groups excluding tert-OH is 1. The van der Waals surface area contributed by atoms with Crippen molar-refractivity contribution in [2.45, 2.75) is 89.7 Å². The van der Waals surface area contributed by atoms with E-state index in [0.29, 0.717) is 25.2 Å². The Morgan fingerprint density at radius 1 is 1.18 bits per heavy atom. The number of carbonyl (C=O) groups is 2. The van der Waals surface area contributed by atoms with Gasteiger partial charge in [0.25, 0.3) is 0 Å². The number of aliphatic hydroxyl groups is 1.